The van der Waals surface area contributed by atoms with Crippen molar-refractivity contribution in [3.05, 3.63) is 28.2 Å². The Morgan fingerprint density at radius 2 is 2.24 bits per heavy atom. The molecule has 1 saturated carbocycles. The second-order valence-electron chi connectivity index (χ2n) is 5.03. The lowest BCUT2D eigenvalue weighted by Crippen LogP contribution is -2.21. The quantitative estimate of drug-likeness (QED) is 0.852. The molecule has 0 saturated heterocycles. The lowest BCUT2D eigenvalue weighted by molar-refractivity contribution is 0.00445. The number of ether oxygens (including phenoxy) is 1. The van der Waals surface area contributed by atoms with Gasteiger partial charge in [-0.15, -0.1) is 0 Å². The topological polar surface area (TPSA) is 35.2 Å². The maximum atomic E-state index is 5.99. The molecule has 0 aromatic heterocycles. The molecule has 3 heteroatoms. The van der Waals surface area contributed by atoms with E-state index in [4.69, 9.17) is 10.5 Å². The fraction of sp³-hybridized carbons (Fsp3) is 0.571. The first-order valence-electron chi connectivity index (χ1n) is 6.31. The van der Waals surface area contributed by atoms with Crippen LogP contribution in [0.4, 0.5) is 5.69 Å². The molecule has 1 aliphatic rings. The van der Waals surface area contributed by atoms with Crippen LogP contribution in [0.25, 0.3) is 0 Å². The van der Waals surface area contributed by atoms with Crippen LogP contribution in [0.15, 0.2) is 22.7 Å². The van der Waals surface area contributed by atoms with Crippen molar-refractivity contribution < 1.29 is 4.74 Å². The second kappa shape index (κ2) is 5.87. The zero-order valence-electron chi connectivity index (χ0n) is 10.3. The molecule has 2 rings (SSSR count). The van der Waals surface area contributed by atoms with E-state index < -0.39 is 0 Å². The highest BCUT2D eigenvalue weighted by Gasteiger charge is 2.19. The lowest BCUT2D eigenvalue weighted by Gasteiger charge is -2.27. The van der Waals surface area contributed by atoms with Gasteiger partial charge in [0, 0.05) is 10.2 Å². The molecule has 0 aliphatic heterocycles. The Bertz CT molecular complexity index is 380. The first kappa shape index (κ1) is 12.9. The Labute approximate surface area is 112 Å². The summed E-state index contributed by atoms with van der Waals surface area (Å²) in [6.07, 6.45) is 5.46. The van der Waals surface area contributed by atoms with E-state index in [0.717, 1.165) is 21.6 Å². The van der Waals surface area contributed by atoms with Crippen molar-refractivity contribution in [1.29, 1.82) is 0 Å². The second-order valence-corrected chi connectivity index (χ2v) is 5.82. The van der Waals surface area contributed by atoms with Gasteiger partial charge in [0.1, 0.15) is 0 Å². The van der Waals surface area contributed by atoms with Gasteiger partial charge in [-0.05, 0) is 46.3 Å². The van der Waals surface area contributed by atoms with Gasteiger partial charge in [0.15, 0.2) is 0 Å². The smallest absolute Gasteiger partial charge is 0.0732 e. The summed E-state index contributed by atoms with van der Waals surface area (Å²) >= 11 is 3.51. The predicted octanol–water partition coefficient (Wildman–Crippen LogP) is 4.13. The van der Waals surface area contributed by atoms with Gasteiger partial charge in [-0.2, -0.15) is 0 Å². The normalized spacial score (nSPS) is 24.8. The van der Waals surface area contributed by atoms with Crippen molar-refractivity contribution in [2.45, 2.75) is 45.3 Å². The summed E-state index contributed by atoms with van der Waals surface area (Å²) in [5.41, 5.74) is 7.77. The van der Waals surface area contributed by atoms with Crippen LogP contribution in [0.1, 0.15) is 38.2 Å². The standard InChI is InChI=1S/C14H20BrNO/c1-10-4-2-6-12(8-10)17-9-11-5-3-7-13(16)14(11)15/h3,5,7,10,12H,2,4,6,8-9,16H2,1H3. The van der Waals surface area contributed by atoms with Crippen molar-refractivity contribution in [2.75, 3.05) is 5.73 Å². The number of nitrogen functional groups attached to an aromatic ring is 1. The van der Waals surface area contributed by atoms with E-state index >= 15 is 0 Å². The van der Waals surface area contributed by atoms with Gasteiger partial charge in [-0.25, -0.2) is 0 Å². The molecular formula is C14H20BrNO. The molecule has 17 heavy (non-hydrogen) atoms. The molecule has 94 valence electrons. The third kappa shape index (κ3) is 3.46. The van der Waals surface area contributed by atoms with Gasteiger partial charge in [-0.1, -0.05) is 31.9 Å². The minimum atomic E-state index is 0.423. The molecule has 2 unspecified atom stereocenters. The summed E-state index contributed by atoms with van der Waals surface area (Å²) in [4.78, 5) is 0. The largest absolute Gasteiger partial charge is 0.398 e. The van der Waals surface area contributed by atoms with Crippen molar-refractivity contribution in [2.24, 2.45) is 5.92 Å². The third-order valence-electron chi connectivity index (χ3n) is 3.47. The van der Waals surface area contributed by atoms with Crippen LogP contribution in [0.5, 0.6) is 0 Å². The van der Waals surface area contributed by atoms with Crippen LogP contribution in [0, 0.1) is 5.92 Å². The maximum absolute atomic E-state index is 5.99. The fourth-order valence-corrected chi connectivity index (χ4v) is 2.83. The maximum Gasteiger partial charge on any atom is 0.0732 e. The van der Waals surface area contributed by atoms with E-state index in [2.05, 4.69) is 28.9 Å². The number of nitrogens with two attached hydrogens (primary N) is 1. The molecule has 1 aromatic carbocycles. The van der Waals surface area contributed by atoms with Gasteiger partial charge in [0.25, 0.3) is 0 Å². The molecule has 0 bridgehead atoms. The summed E-state index contributed by atoms with van der Waals surface area (Å²) in [6, 6.07) is 5.94. The van der Waals surface area contributed by atoms with E-state index in [1.165, 1.54) is 25.7 Å². The van der Waals surface area contributed by atoms with Gasteiger partial charge in [-0.3, -0.25) is 0 Å². The molecule has 0 spiro atoms. The molecule has 1 aliphatic carbocycles. The van der Waals surface area contributed by atoms with Crippen LogP contribution >= 0.6 is 15.9 Å². The van der Waals surface area contributed by atoms with Gasteiger partial charge >= 0.3 is 0 Å². The number of halogens is 1. The van der Waals surface area contributed by atoms with Crippen LogP contribution < -0.4 is 5.73 Å². The highest BCUT2D eigenvalue weighted by Crippen LogP contribution is 2.28. The van der Waals surface area contributed by atoms with E-state index in [-0.39, 0.29) is 0 Å². The minimum absolute atomic E-state index is 0.423. The predicted molar refractivity (Wildman–Crippen MR) is 74.8 cm³/mol. The number of benzene rings is 1. The van der Waals surface area contributed by atoms with Crippen LogP contribution in [0.3, 0.4) is 0 Å². The first-order chi connectivity index (χ1) is 8.16. The molecule has 1 aromatic rings. The summed E-state index contributed by atoms with van der Waals surface area (Å²) < 4.78 is 6.97. The number of hydrogen-bond donors (Lipinski definition) is 1. The Kier molecular flexibility index (Phi) is 4.46. The summed E-state index contributed by atoms with van der Waals surface area (Å²) in [5.74, 6) is 0.804. The monoisotopic (exact) mass is 297 g/mol. The Morgan fingerprint density at radius 1 is 1.41 bits per heavy atom. The van der Waals surface area contributed by atoms with E-state index in [1.807, 2.05) is 12.1 Å². The molecule has 2 nitrogen and oxygen atoms in total. The SMILES string of the molecule is CC1CCCC(OCc2cccc(N)c2Br)C1. The number of rotatable bonds is 3. The number of hydrogen-bond acceptors (Lipinski definition) is 2. The first-order valence-corrected chi connectivity index (χ1v) is 7.10. The molecule has 0 heterocycles. The Hall–Kier alpha value is -0.540. The zero-order valence-corrected chi connectivity index (χ0v) is 11.9. The summed E-state index contributed by atoms with van der Waals surface area (Å²) in [6.45, 7) is 2.97. The van der Waals surface area contributed by atoms with E-state index in [9.17, 15) is 0 Å². The van der Waals surface area contributed by atoms with Crippen LogP contribution in [0.2, 0.25) is 0 Å². The van der Waals surface area contributed by atoms with Crippen molar-refractivity contribution in [3.63, 3.8) is 0 Å². The van der Waals surface area contributed by atoms with Gasteiger partial charge in [0.05, 0.1) is 12.7 Å². The molecule has 0 radical (unpaired) electrons. The van der Waals surface area contributed by atoms with E-state index in [0.29, 0.717) is 12.7 Å². The fourth-order valence-electron chi connectivity index (χ4n) is 2.45. The highest BCUT2D eigenvalue weighted by molar-refractivity contribution is 9.10. The molecule has 0 amide bonds. The van der Waals surface area contributed by atoms with Gasteiger partial charge in [0.2, 0.25) is 0 Å². The highest BCUT2D eigenvalue weighted by atomic mass is 79.9. The van der Waals surface area contributed by atoms with Crippen molar-refractivity contribution in [3.8, 4) is 0 Å². The van der Waals surface area contributed by atoms with Gasteiger partial charge < -0.3 is 10.5 Å². The average Bonchev–Trinajstić information content (AvgIpc) is 2.31. The lowest BCUT2D eigenvalue weighted by atomic mass is 9.89. The van der Waals surface area contributed by atoms with Crippen LogP contribution in [-0.4, -0.2) is 6.10 Å². The van der Waals surface area contributed by atoms with Crippen LogP contribution in [-0.2, 0) is 11.3 Å². The van der Waals surface area contributed by atoms with Crippen molar-refractivity contribution in [1.82, 2.24) is 0 Å². The summed E-state index contributed by atoms with van der Waals surface area (Å²) in [5, 5.41) is 0. The Balaban J connectivity index is 1.91. The van der Waals surface area contributed by atoms with E-state index in [1.54, 1.807) is 0 Å². The number of anilines is 1. The van der Waals surface area contributed by atoms with Crippen molar-refractivity contribution >= 4 is 21.6 Å². The molecule has 2 N–H and O–H groups in total. The molecular weight excluding hydrogens is 278 g/mol. The average molecular weight is 298 g/mol. The third-order valence-corrected chi connectivity index (χ3v) is 4.44. The Morgan fingerprint density at radius 3 is 3.00 bits per heavy atom. The summed E-state index contributed by atoms with van der Waals surface area (Å²) in [7, 11) is 0. The molecule has 2 atom stereocenters. The minimum Gasteiger partial charge on any atom is -0.398 e. The molecule has 1 fully saturated rings. The zero-order chi connectivity index (χ0) is 12.3.